The summed E-state index contributed by atoms with van der Waals surface area (Å²) < 4.78 is 1.84. The molecular formula is C18H24N6O2. The first-order valence-corrected chi connectivity index (χ1v) is 8.95. The van der Waals surface area contributed by atoms with Gasteiger partial charge in [0.05, 0.1) is 36.4 Å². The van der Waals surface area contributed by atoms with E-state index < -0.39 is 0 Å². The van der Waals surface area contributed by atoms with Gasteiger partial charge in [-0.25, -0.2) is 0 Å². The Morgan fingerprint density at radius 2 is 2.23 bits per heavy atom. The fourth-order valence-electron chi connectivity index (χ4n) is 3.23. The van der Waals surface area contributed by atoms with Gasteiger partial charge in [-0.3, -0.25) is 24.2 Å². The van der Waals surface area contributed by atoms with Gasteiger partial charge in [0, 0.05) is 38.8 Å². The van der Waals surface area contributed by atoms with Crippen molar-refractivity contribution >= 4 is 11.8 Å². The second-order valence-corrected chi connectivity index (χ2v) is 6.46. The summed E-state index contributed by atoms with van der Waals surface area (Å²) in [5, 5.41) is 6.88. The largest absolute Gasteiger partial charge is 0.351 e. The van der Waals surface area contributed by atoms with Crippen LogP contribution in [0.3, 0.4) is 0 Å². The van der Waals surface area contributed by atoms with Crippen LogP contribution in [0.1, 0.15) is 50.0 Å². The second kappa shape index (κ2) is 8.55. The van der Waals surface area contributed by atoms with E-state index in [1.807, 2.05) is 21.8 Å². The smallest absolute Gasteiger partial charge is 0.223 e. The third kappa shape index (κ3) is 4.65. The van der Waals surface area contributed by atoms with E-state index in [4.69, 9.17) is 0 Å². The van der Waals surface area contributed by atoms with E-state index in [9.17, 15) is 9.59 Å². The van der Waals surface area contributed by atoms with Crippen molar-refractivity contribution in [1.82, 2.24) is 30.0 Å². The SMILES string of the molecule is CC(=O)NCc1cncc([C@H]2CCCN2C(=O)CCCn2cccn2)n1. The summed E-state index contributed by atoms with van der Waals surface area (Å²) in [4.78, 5) is 34.5. The number of hydrogen-bond donors (Lipinski definition) is 1. The minimum atomic E-state index is -0.105. The molecule has 1 aliphatic rings. The van der Waals surface area contributed by atoms with E-state index in [0.717, 1.165) is 38.0 Å². The topological polar surface area (TPSA) is 93.0 Å². The second-order valence-electron chi connectivity index (χ2n) is 6.46. The van der Waals surface area contributed by atoms with Gasteiger partial charge in [0.25, 0.3) is 0 Å². The molecule has 0 bridgehead atoms. The number of carbonyl (C=O) groups excluding carboxylic acids is 2. The minimum absolute atomic E-state index is 0.0306. The Balaban J connectivity index is 1.59. The molecule has 8 heteroatoms. The summed E-state index contributed by atoms with van der Waals surface area (Å²) in [6.07, 6.45) is 10.1. The van der Waals surface area contributed by atoms with Gasteiger partial charge in [-0.2, -0.15) is 5.10 Å². The van der Waals surface area contributed by atoms with Crippen molar-refractivity contribution < 1.29 is 9.59 Å². The lowest BCUT2D eigenvalue weighted by Crippen LogP contribution is -2.31. The van der Waals surface area contributed by atoms with Crippen LogP contribution in [0.2, 0.25) is 0 Å². The third-order valence-corrected chi connectivity index (χ3v) is 4.47. The fraction of sp³-hybridized carbons (Fsp3) is 0.500. The standard InChI is InChI=1S/C18H24N6O2/c1-14(25)20-12-15-11-19-13-16(22-15)17-5-2-10-24(17)18(26)6-3-8-23-9-4-7-21-23/h4,7,9,11,13,17H,2-3,5-6,8,10,12H2,1H3,(H,20,25)/t17-/m1/s1. The van der Waals surface area contributed by atoms with Crippen LogP contribution in [0.5, 0.6) is 0 Å². The van der Waals surface area contributed by atoms with Gasteiger partial charge < -0.3 is 10.2 Å². The highest BCUT2D eigenvalue weighted by molar-refractivity contribution is 5.77. The zero-order valence-electron chi connectivity index (χ0n) is 15.0. The number of aryl methyl sites for hydroxylation is 1. The molecule has 26 heavy (non-hydrogen) atoms. The third-order valence-electron chi connectivity index (χ3n) is 4.47. The van der Waals surface area contributed by atoms with E-state index in [1.165, 1.54) is 6.92 Å². The normalized spacial score (nSPS) is 16.7. The van der Waals surface area contributed by atoms with Crippen LogP contribution >= 0.6 is 0 Å². The Morgan fingerprint density at radius 1 is 1.35 bits per heavy atom. The van der Waals surface area contributed by atoms with Crippen molar-refractivity contribution in [3.63, 3.8) is 0 Å². The zero-order chi connectivity index (χ0) is 18.4. The number of carbonyl (C=O) groups is 2. The van der Waals surface area contributed by atoms with E-state index in [2.05, 4.69) is 20.4 Å². The lowest BCUT2D eigenvalue weighted by atomic mass is 10.1. The van der Waals surface area contributed by atoms with Crippen LogP contribution in [-0.4, -0.2) is 43.0 Å². The number of nitrogens with zero attached hydrogens (tertiary/aromatic N) is 5. The van der Waals surface area contributed by atoms with Gasteiger partial charge in [0.15, 0.2) is 0 Å². The molecule has 1 atom stereocenters. The van der Waals surface area contributed by atoms with Crippen molar-refractivity contribution in [3.05, 3.63) is 42.2 Å². The molecule has 0 aliphatic carbocycles. The summed E-state index contributed by atoms with van der Waals surface area (Å²) in [6.45, 7) is 3.31. The highest BCUT2D eigenvalue weighted by Gasteiger charge is 2.30. The van der Waals surface area contributed by atoms with E-state index >= 15 is 0 Å². The average molecular weight is 356 g/mol. The molecule has 1 N–H and O–H groups in total. The number of amides is 2. The Bertz CT molecular complexity index is 746. The van der Waals surface area contributed by atoms with Gasteiger partial charge in [0.2, 0.25) is 11.8 Å². The average Bonchev–Trinajstić information content (AvgIpc) is 3.32. The molecule has 0 aromatic carbocycles. The molecule has 2 aromatic heterocycles. The highest BCUT2D eigenvalue weighted by Crippen LogP contribution is 2.31. The summed E-state index contributed by atoms with van der Waals surface area (Å²) in [6, 6.07) is 1.85. The van der Waals surface area contributed by atoms with Crippen LogP contribution in [-0.2, 0) is 22.7 Å². The maximum absolute atomic E-state index is 12.6. The van der Waals surface area contributed by atoms with Crippen molar-refractivity contribution in [2.45, 2.75) is 51.7 Å². The Hall–Kier alpha value is -2.77. The van der Waals surface area contributed by atoms with E-state index in [-0.39, 0.29) is 17.9 Å². The van der Waals surface area contributed by atoms with Gasteiger partial charge in [-0.1, -0.05) is 0 Å². The van der Waals surface area contributed by atoms with E-state index in [1.54, 1.807) is 18.6 Å². The zero-order valence-corrected chi connectivity index (χ0v) is 15.0. The molecule has 3 heterocycles. The van der Waals surface area contributed by atoms with Gasteiger partial charge in [-0.05, 0) is 25.3 Å². The summed E-state index contributed by atoms with van der Waals surface area (Å²) in [5.74, 6) is 0.0424. The molecule has 2 aromatic rings. The quantitative estimate of drug-likeness (QED) is 0.810. The molecule has 1 aliphatic heterocycles. The molecule has 1 fully saturated rings. The maximum Gasteiger partial charge on any atom is 0.223 e. The van der Waals surface area contributed by atoms with Gasteiger partial charge in [-0.15, -0.1) is 0 Å². The fourth-order valence-corrected chi connectivity index (χ4v) is 3.23. The lowest BCUT2D eigenvalue weighted by Gasteiger charge is -2.24. The Morgan fingerprint density at radius 3 is 3.00 bits per heavy atom. The maximum atomic E-state index is 12.6. The molecule has 1 saturated heterocycles. The molecule has 0 unspecified atom stereocenters. The Labute approximate surface area is 152 Å². The van der Waals surface area contributed by atoms with Crippen molar-refractivity contribution in [3.8, 4) is 0 Å². The van der Waals surface area contributed by atoms with Crippen LogP contribution in [0, 0.1) is 0 Å². The van der Waals surface area contributed by atoms with E-state index in [0.29, 0.717) is 18.7 Å². The molecular weight excluding hydrogens is 332 g/mol. The van der Waals surface area contributed by atoms with Crippen LogP contribution in [0.4, 0.5) is 0 Å². The number of aromatic nitrogens is 4. The van der Waals surface area contributed by atoms with Crippen molar-refractivity contribution in [2.24, 2.45) is 0 Å². The van der Waals surface area contributed by atoms with Crippen LogP contribution < -0.4 is 5.32 Å². The number of rotatable bonds is 7. The summed E-state index contributed by atoms with van der Waals surface area (Å²) in [7, 11) is 0. The predicted molar refractivity (Wildman–Crippen MR) is 94.7 cm³/mol. The predicted octanol–water partition coefficient (Wildman–Crippen LogP) is 1.45. The lowest BCUT2D eigenvalue weighted by molar-refractivity contribution is -0.132. The summed E-state index contributed by atoms with van der Waals surface area (Å²) >= 11 is 0. The number of nitrogens with one attached hydrogen (secondary N) is 1. The molecule has 0 radical (unpaired) electrons. The highest BCUT2D eigenvalue weighted by atomic mass is 16.2. The minimum Gasteiger partial charge on any atom is -0.351 e. The van der Waals surface area contributed by atoms with Crippen molar-refractivity contribution in [1.29, 1.82) is 0 Å². The molecule has 0 spiro atoms. The molecule has 0 saturated carbocycles. The number of hydrogen-bond acceptors (Lipinski definition) is 5. The summed E-state index contributed by atoms with van der Waals surface area (Å²) in [5.41, 5.74) is 1.50. The molecule has 2 amide bonds. The molecule has 8 nitrogen and oxygen atoms in total. The van der Waals surface area contributed by atoms with Crippen molar-refractivity contribution in [2.75, 3.05) is 6.54 Å². The first-order chi connectivity index (χ1) is 12.6. The molecule has 3 rings (SSSR count). The van der Waals surface area contributed by atoms with Gasteiger partial charge >= 0.3 is 0 Å². The number of likely N-dealkylation sites (tertiary alicyclic amines) is 1. The molecule has 138 valence electrons. The first-order valence-electron chi connectivity index (χ1n) is 8.95. The van der Waals surface area contributed by atoms with Crippen LogP contribution in [0.15, 0.2) is 30.9 Å². The van der Waals surface area contributed by atoms with Gasteiger partial charge in [0.1, 0.15) is 0 Å². The van der Waals surface area contributed by atoms with Crippen LogP contribution in [0.25, 0.3) is 0 Å². The Kier molecular flexibility index (Phi) is 5.93. The first kappa shape index (κ1) is 18.0. The monoisotopic (exact) mass is 356 g/mol.